The van der Waals surface area contributed by atoms with Crippen LogP contribution in [0.5, 0.6) is 0 Å². The summed E-state index contributed by atoms with van der Waals surface area (Å²) in [5, 5.41) is 1.79. The van der Waals surface area contributed by atoms with Crippen LogP contribution in [0, 0.1) is 5.82 Å². The number of ketones is 1. The highest BCUT2D eigenvalue weighted by atomic mass is 32.1. The van der Waals surface area contributed by atoms with Gasteiger partial charge in [0, 0.05) is 12.8 Å². The van der Waals surface area contributed by atoms with Gasteiger partial charge in [0.25, 0.3) is 0 Å². The molecule has 0 fully saturated rings. The van der Waals surface area contributed by atoms with Crippen LogP contribution in [0.15, 0.2) is 41.8 Å². The van der Waals surface area contributed by atoms with Crippen LogP contribution < -0.4 is 10.9 Å². The van der Waals surface area contributed by atoms with Crippen LogP contribution in [-0.4, -0.2) is 17.6 Å². The van der Waals surface area contributed by atoms with Crippen LogP contribution in [0.4, 0.5) is 4.39 Å². The molecular formula is C16H15FN2O3S. The predicted octanol–water partition coefficient (Wildman–Crippen LogP) is 2.24. The molecule has 0 spiro atoms. The topological polar surface area (TPSA) is 75.3 Å². The third-order valence-electron chi connectivity index (χ3n) is 2.99. The molecule has 0 saturated carbocycles. The summed E-state index contributed by atoms with van der Waals surface area (Å²) in [6.45, 7) is 0. The van der Waals surface area contributed by atoms with Gasteiger partial charge in [-0.15, -0.1) is 11.3 Å². The molecule has 7 heteroatoms. The number of hydrogen-bond acceptors (Lipinski definition) is 4. The molecule has 0 bridgehead atoms. The van der Waals surface area contributed by atoms with E-state index in [0.29, 0.717) is 10.4 Å². The van der Waals surface area contributed by atoms with Crippen molar-refractivity contribution in [3.63, 3.8) is 0 Å². The van der Waals surface area contributed by atoms with Gasteiger partial charge in [0.2, 0.25) is 11.8 Å². The molecule has 1 aromatic carbocycles. The average molecular weight is 334 g/mol. The molecule has 2 aromatic rings. The fourth-order valence-electron chi connectivity index (χ4n) is 1.82. The number of benzene rings is 1. The van der Waals surface area contributed by atoms with Gasteiger partial charge in [0.15, 0.2) is 5.78 Å². The predicted molar refractivity (Wildman–Crippen MR) is 84.3 cm³/mol. The van der Waals surface area contributed by atoms with Gasteiger partial charge in [0.1, 0.15) is 5.82 Å². The molecule has 1 heterocycles. The van der Waals surface area contributed by atoms with Gasteiger partial charge in [0.05, 0.1) is 11.3 Å². The summed E-state index contributed by atoms with van der Waals surface area (Å²) in [7, 11) is 0. The highest BCUT2D eigenvalue weighted by Gasteiger charge is 2.11. The van der Waals surface area contributed by atoms with E-state index in [2.05, 4.69) is 10.9 Å². The monoisotopic (exact) mass is 334 g/mol. The molecule has 0 unspecified atom stereocenters. The summed E-state index contributed by atoms with van der Waals surface area (Å²) in [6, 6.07) is 8.99. The molecule has 2 amide bonds. The van der Waals surface area contributed by atoms with E-state index < -0.39 is 11.8 Å². The standard InChI is InChI=1S/C16H15FN2O3S/c17-12-5-3-11(4-6-12)10-16(22)19-18-15(21)8-7-13(20)14-2-1-9-23-14/h1-6,9H,7-8,10H2,(H,18,21)(H,19,22). The molecule has 23 heavy (non-hydrogen) atoms. The van der Waals surface area contributed by atoms with Gasteiger partial charge in [-0.2, -0.15) is 0 Å². The zero-order valence-electron chi connectivity index (χ0n) is 12.2. The van der Waals surface area contributed by atoms with Crippen molar-refractivity contribution < 1.29 is 18.8 Å². The van der Waals surface area contributed by atoms with E-state index in [1.54, 1.807) is 17.5 Å². The molecule has 120 valence electrons. The maximum Gasteiger partial charge on any atom is 0.242 e. The minimum atomic E-state index is -0.442. The summed E-state index contributed by atoms with van der Waals surface area (Å²) >= 11 is 1.33. The lowest BCUT2D eigenvalue weighted by Crippen LogP contribution is -2.42. The Morgan fingerprint density at radius 2 is 1.65 bits per heavy atom. The highest BCUT2D eigenvalue weighted by Crippen LogP contribution is 2.12. The zero-order chi connectivity index (χ0) is 16.7. The van der Waals surface area contributed by atoms with Crippen molar-refractivity contribution >= 4 is 28.9 Å². The van der Waals surface area contributed by atoms with Crippen LogP contribution in [-0.2, 0) is 16.0 Å². The van der Waals surface area contributed by atoms with E-state index in [1.807, 2.05) is 0 Å². The van der Waals surface area contributed by atoms with E-state index in [0.717, 1.165) is 0 Å². The lowest BCUT2D eigenvalue weighted by atomic mass is 10.1. The second kappa shape index (κ2) is 8.19. The number of thiophene rings is 1. The lowest BCUT2D eigenvalue weighted by Gasteiger charge is -2.07. The Morgan fingerprint density at radius 1 is 0.957 bits per heavy atom. The molecule has 1 aromatic heterocycles. The van der Waals surface area contributed by atoms with Gasteiger partial charge >= 0.3 is 0 Å². The van der Waals surface area contributed by atoms with E-state index in [9.17, 15) is 18.8 Å². The van der Waals surface area contributed by atoms with Gasteiger partial charge in [-0.3, -0.25) is 25.2 Å². The molecule has 2 N–H and O–H groups in total. The normalized spacial score (nSPS) is 10.1. The van der Waals surface area contributed by atoms with Crippen molar-refractivity contribution in [1.82, 2.24) is 10.9 Å². The van der Waals surface area contributed by atoms with E-state index in [-0.39, 0.29) is 30.9 Å². The number of Topliss-reactive ketones (excluding diaryl/α,β-unsaturated/α-hetero) is 1. The number of hydrogen-bond donors (Lipinski definition) is 2. The highest BCUT2D eigenvalue weighted by molar-refractivity contribution is 7.12. The van der Waals surface area contributed by atoms with Gasteiger partial charge in [-0.25, -0.2) is 4.39 Å². The Balaban J connectivity index is 1.68. The molecule has 0 aliphatic rings. The molecule has 0 atom stereocenters. The number of hydrazine groups is 1. The zero-order valence-corrected chi connectivity index (χ0v) is 13.0. The summed E-state index contributed by atoms with van der Waals surface area (Å²) < 4.78 is 12.7. The quantitative estimate of drug-likeness (QED) is 0.628. The van der Waals surface area contributed by atoms with Crippen LogP contribution in [0.1, 0.15) is 28.1 Å². The van der Waals surface area contributed by atoms with E-state index >= 15 is 0 Å². The van der Waals surface area contributed by atoms with Crippen molar-refractivity contribution in [3.05, 3.63) is 58.0 Å². The number of rotatable bonds is 6. The largest absolute Gasteiger partial charge is 0.293 e. The molecule has 0 radical (unpaired) electrons. The summed E-state index contributed by atoms with van der Waals surface area (Å²) in [5.74, 6) is -1.34. The third-order valence-corrected chi connectivity index (χ3v) is 3.91. The van der Waals surface area contributed by atoms with Crippen molar-refractivity contribution in [2.75, 3.05) is 0 Å². The number of carbonyl (C=O) groups excluding carboxylic acids is 3. The first-order valence-electron chi connectivity index (χ1n) is 6.93. The Labute approximate surface area is 136 Å². The molecule has 0 aliphatic carbocycles. The first-order chi connectivity index (χ1) is 11.0. The smallest absolute Gasteiger partial charge is 0.242 e. The number of amides is 2. The first-order valence-corrected chi connectivity index (χ1v) is 7.81. The Hall–Kier alpha value is -2.54. The fraction of sp³-hybridized carbons (Fsp3) is 0.188. The minimum Gasteiger partial charge on any atom is -0.293 e. The molecule has 0 saturated heterocycles. The van der Waals surface area contributed by atoms with Crippen molar-refractivity contribution in [1.29, 1.82) is 0 Å². The van der Waals surface area contributed by atoms with Crippen LogP contribution in [0.25, 0.3) is 0 Å². The number of carbonyl (C=O) groups is 3. The van der Waals surface area contributed by atoms with Crippen LogP contribution >= 0.6 is 11.3 Å². The van der Waals surface area contributed by atoms with Gasteiger partial charge in [-0.1, -0.05) is 18.2 Å². The number of nitrogens with one attached hydrogen (secondary N) is 2. The van der Waals surface area contributed by atoms with Gasteiger partial charge in [-0.05, 0) is 29.1 Å². The fourth-order valence-corrected chi connectivity index (χ4v) is 2.52. The molecule has 2 rings (SSSR count). The van der Waals surface area contributed by atoms with Crippen molar-refractivity contribution in [2.24, 2.45) is 0 Å². The van der Waals surface area contributed by atoms with Crippen molar-refractivity contribution in [2.45, 2.75) is 19.3 Å². The van der Waals surface area contributed by atoms with Crippen LogP contribution in [0.2, 0.25) is 0 Å². The van der Waals surface area contributed by atoms with Crippen molar-refractivity contribution in [3.8, 4) is 0 Å². The maximum atomic E-state index is 12.7. The molecule has 0 aliphatic heterocycles. The SMILES string of the molecule is O=C(CCC(=O)c1cccs1)NNC(=O)Cc1ccc(F)cc1. The average Bonchev–Trinajstić information content (AvgIpc) is 3.07. The Morgan fingerprint density at radius 3 is 2.30 bits per heavy atom. The molecule has 5 nitrogen and oxygen atoms in total. The molecular weight excluding hydrogens is 319 g/mol. The summed E-state index contributed by atoms with van der Waals surface area (Å²) in [4.78, 5) is 35.6. The second-order valence-electron chi connectivity index (χ2n) is 4.80. The summed E-state index contributed by atoms with van der Waals surface area (Å²) in [6.07, 6.45) is 0.0996. The first kappa shape index (κ1) is 16.8. The minimum absolute atomic E-state index is 0.00639. The van der Waals surface area contributed by atoms with E-state index in [4.69, 9.17) is 0 Å². The second-order valence-corrected chi connectivity index (χ2v) is 5.75. The Kier molecular flexibility index (Phi) is 5.99. The maximum absolute atomic E-state index is 12.7. The van der Waals surface area contributed by atoms with Gasteiger partial charge < -0.3 is 0 Å². The van der Waals surface area contributed by atoms with Crippen LogP contribution in [0.3, 0.4) is 0 Å². The Bertz CT molecular complexity index is 684. The summed E-state index contributed by atoms with van der Waals surface area (Å²) in [5.41, 5.74) is 5.15. The lowest BCUT2D eigenvalue weighted by molar-refractivity contribution is -0.128. The third kappa shape index (κ3) is 5.63. The van der Waals surface area contributed by atoms with E-state index in [1.165, 1.54) is 35.6 Å². The number of halogens is 1.